The number of nitrogens with zero attached hydrogens (tertiary/aromatic N) is 1. The van der Waals surface area contributed by atoms with Crippen LogP contribution in [0.4, 0.5) is 28.9 Å². The topological polar surface area (TPSA) is 71.1 Å². The number of benzene rings is 2. The fourth-order valence-electron chi connectivity index (χ4n) is 2.26. The number of hydrogen-bond donors (Lipinski definition) is 2. The molecule has 0 atom stereocenters. The molecule has 0 fully saturated rings. The lowest BCUT2D eigenvalue weighted by Crippen LogP contribution is -2.17. The summed E-state index contributed by atoms with van der Waals surface area (Å²) in [7, 11) is 0. The first-order valence-electron chi connectivity index (χ1n) is 7.81. The van der Waals surface area contributed by atoms with Crippen LogP contribution in [-0.2, 0) is 0 Å². The summed E-state index contributed by atoms with van der Waals surface area (Å²) in [4.78, 5) is 28.2. The highest BCUT2D eigenvalue weighted by molar-refractivity contribution is 6.08. The van der Waals surface area contributed by atoms with Crippen LogP contribution in [0.5, 0.6) is 0 Å². The van der Waals surface area contributed by atoms with Gasteiger partial charge in [0.05, 0.1) is 22.5 Å². The van der Waals surface area contributed by atoms with Crippen LogP contribution in [0.25, 0.3) is 0 Å². The highest BCUT2D eigenvalue weighted by atomic mass is 19.1. The van der Waals surface area contributed by atoms with Gasteiger partial charge in [-0.05, 0) is 30.3 Å². The number of aromatic nitrogens is 1. The van der Waals surface area contributed by atoms with Gasteiger partial charge in [-0.3, -0.25) is 14.6 Å². The third-order valence-electron chi connectivity index (χ3n) is 3.62. The third kappa shape index (κ3) is 4.32. The van der Waals surface area contributed by atoms with E-state index in [-0.39, 0.29) is 22.5 Å². The summed E-state index contributed by atoms with van der Waals surface area (Å²) >= 11 is 0. The van der Waals surface area contributed by atoms with Crippen molar-refractivity contribution in [3.63, 3.8) is 0 Å². The van der Waals surface area contributed by atoms with Crippen LogP contribution >= 0.6 is 0 Å². The maximum Gasteiger partial charge on any atom is 0.257 e. The maximum atomic E-state index is 13.6. The average molecular weight is 389 g/mol. The van der Waals surface area contributed by atoms with Crippen LogP contribution in [0.1, 0.15) is 20.7 Å². The molecule has 0 bridgehead atoms. The Labute approximate surface area is 156 Å². The lowest BCUT2D eigenvalue weighted by atomic mass is 10.1. The van der Waals surface area contributed by atoms with Gasteiger partial charge in [0, 0.05) is 24.5 Å². The first-order chi connectivity index (χ1) is 13.3. The zero-order valence-electron chi connectivity index (χ0n) is 14.0. The molecule has 0 radical (unpaired) electrons. The van der Waals surface area contributed by atoms with Crippen molar-refractivity contribution in [1.82, 2.24) is 4.98 Å². The van der Waals surface area contributed by atoms with Crippen LogP contribution in [0.2, 0.25) is 0 Å². The monoisotopic (exact) mass is 389 g/mol. The van der Waals surface area contributed by atoms with Gasteiger partial charge < -0.3 is 10.6 Å². The first-order valence-corrected chi connectivity index (χ1v) is 7.81. The molecular weight excluding hydrogens is 378 g/mol. The van der Waals surface area contributed by atoms with E-state index in [0.29, 0.717) is 12.1 Å². The molecule has 2 amide bonds. The maximum absolute atomic E-state index is 13.6. The highest BCUT2D eigenvalue weighted by Crippen LogP contribution is 2.18. The Bertz CT molecular complexity index is 992. The molecule has 3 rings (SSSR count). The van der Waals surface area contributed by atoms with Crippen molar-refractivity contribution in [3.05, 3.63) is 89.3 Å². The third-order valence-corrected chi connectivity index (χ3v) is 3.62. The summed E-state index contributed by atoms with van der Waals surface area (Å²) in [5, 5.41) is 4.46. The Hall–Kier alpha value is -3.75. The standard InChI is InChI=1S/C19H11F4N3O2/c20-12-1-3-16(14(22)6-12)25-18(27)10-5-11(9-24-8-10)19(28)26-17-4-2-13(21)7-15(17)23/h1-9H,(H,25,27)(H,26,28). The molecule has 1 aromatic heterocycles. The van der Waals surface area contributed by atoms with E-state index in [1.165, 1.54) is 0 Å². The smallest absolute Gasteiger partial charge is 0.257 e. The van der Waals surface area contributed by atoms with Gasteiger partial charge in [0.1, 0.15) is 23.3 Å². The predicted octanol–water partition coefficient (Wildman–Crippen LogP) is 4.14. The molecule has 2 N–H and O–H groups in total. The Morgan fingerprint density at radius 1 is 0.679 bits per heavy atom. The molecule has 0 aliphatic rings. The number of amides is 2. The number of nitrogens with one attached hydrogen (secondary N) is 2. The minimum absolute atomic E-state index is 0.0871. The molecule has 0 spiro atoms. The number of halogens is 4. The molecule has 9 heteroatoms. The quantitative estimate of drug-likeness (QED) is 0.659. The van der Waals surface area contributed by atoms with Crippen molar-refractivity contribution < 1.29 is 27.2 Å². The lowest BCUT2D eigenvalue weighted by Gasteiger charge is -2.09. The van der Waals surface area contributed by atoms with E-state index in [9.17, 15) is 27.2 Å². The van der Waals surface area contributed by atoms with Gasteiger partial charge in [-0.25, -0.2) is 17.6 Å². The second-order valence-corrected chi connectivity index (χ2v) is 5.62. The Morgan fingerprint density at radius 3 is 1.50 bits per heavy atom. The van der Waals surface area contributed by atoms with Crippen LogP contribution in [0.15, 0.2) is 54.9 Å². The summed E-state index contributed by atoms with van der Waals surface area (Å²) in [6.45, 7) is 0. The fourth-order valence-corrected chi connectivity index (χ4v) is 2.26. The molecule has 28 heavy (non-hydrogen) atoms. The van der Waals surface area contributed by atoms with Crippen LogP contribution in [0, 0.1) is 23.3 Å². The summed E-state index contributed by atoms with van der Waals surface area (Å²) in [5.41, 5.74) is -0.684. The van der Waals surface area contributed by atoms with E-state index in [1.807, 2.05) is 0 Å². The summed E-state index contributed by atoms with van der Waals surface area (Å²) in [6, 6.07) is 6.40. The molecule has 5 nitrogen and oxygen atoms in total. The Balaban J connectivity index is 1.77. The molecule has 2 aromatic carbocycles. The van der Waals surface area contributed by atoms with Gasteiger partial charge in [-0.1, -0.05) is 0 Å². The minimum Gasteiger partial charge on any atom is -0.319 e. The summed E-state index contributed by atoms with van der Waals surface area (Å²) in [6.07, 6.45) is 2.26. The highest BCUT2D eigenvalue weighted by Gasteiger charge is 2.15. The molecule has 0 saturated carbocycles. The summed E-state index contributed by atoms with van der Waals surface area (Å²) < 4.78 is 53.1. The molecule has 0 saturated heterocycles. The van der Waals surface area contributed by atoms with Crippen molar-refractivity contribution >= 4 is 23.2 Å². The Morgan fingerprint density at radius 2 is 1.11 bits per heavy atom. The summed E-state index contributed by atoms with van der Waals surface area (Å²) in [5.74, 6) is -5.13. The molecule has 142 valence electrons. The second kappa shape index (κ2) is 7.87. The number of carbonyl (C=O) groups excluding carboxylic acids is 2. The largest absolute Gasteiger partial charge is 0.319 e. The van der Waals surface area contributed by atoms with Crippen molar-refractivity contribution in [1.29, 1.82) is 0 Å². The molecule has 0 aliphatic carbocycles. The van der Waals surface area contributed by atoms with Gasteiger partial charge in [-0.15, -0.1) is 0 Å². The molecule has 0 aliphatic heterocycles. The molecule has 0 unspecified atom stereocenters. The van der Waals surface area contributed by atoms with Gasteiger partial charge in [0.2, 0.25) is 0 Å². The van der Waals surface area contributed by atoms with E-state index < -0.39 is 35.1 Å². The van der Waals surface area contributed by atoms with Crippen LogP contribution in [0.3, 0.4) is 0 Å². The van der Waals surface area contributed by atoms with Crippen LogP contribution in [-0.4, -0.2) is 16.8 Å². The van der Waals surface area contributed by atoms with Gasteiger partial charge >= 0.3 is 0 Å². The predicted molar refractivity (Wildman–Crippen MR) is 92.9 cm³/mol. The van der Waals surface area contributed by atoms with E-state index in [2.05, 4.69) is 15.6 Å². The zero-order valence-corrected chi connectivity index (χ0v) is 14.0. The molecular formula is C19H11F4N3O2. The van der Waals surface area contributed by atoms with Crippen LogP contribution < -0.4 is 10.6 Å². The fraction of sp³-hybridized carbons (Fsp3) is 0. The Kier molecular flexibility index (Phi) is 5.35. The SMILES string of the molecule is O=C(Nc1ccc(F)cc1F)c1cncc(C(=O)Nc2ccc(F)cc2F)c1. The second-order valence-electron chi connectivity index (χ2n) is 5.62. The van der Waals surface area contributed by atoms with Crippen molar-refractivity contribution in [2.45, 2.75) is 0 Å². The number of hydrogen-bond acceptors (Lipinski definition) is 3. The van der Waals surface area contributed by atoms with E-state index in [0.717, 1.165) is 42.7 Å². The number of anilines is 2. The van der Waals surface area contributed by atoms with Gasteiger partial charge in [-0.2, -0.15) is 0 Å². The van der Waals surface area contributed by atoms with Crippen molar-refractivity contribution in [3.8, 4) is 0 Å². The normalized spacial score (nSPS) is 10.4. The first kappa shape index (κ1) is 19.0. The van der Waals surface area contributed by atoms with E-state index in [4.69, 9.17) is 0 Å². The molecule has 3 aromatic rings. The van der Waals surface area contributed by atoms with Gasteiger partial charge in [0.15, 0.2) is 0 Å². The van der Waals surface area contributed by atoms with E-state index in [1.54, 1.807) is 0 Å². The van der Waals surface area contributed by atoms with Crippen molar-refractivity contribution in [2.75, 3.05) is 10.6 Å². The van der Waals surface area contributed by atoms with Crippen molar-refractivity contribution in [2.24, 2.45) is 0 Å². The zero-order chi connectivity index (χ0) is 20.3. The van der Waals surface area contributed by atoms with E-state index >= 15 is 0 Å². The number of pyridine rings is 1. The molecule has 1 heterocycles. The number of rotatable bonds is 4. The minimum atomic E-state index is -0.970. The lowest BCUT2D eigenvalue weighted by molar-refractivity contribution is 0.102. The average Bonchev–Trinajstić information content (AvgIpc) is 2.66. The van der Waals surface area contributed by atoms with Gasteiger partial charge in [0.25, 0.3) is 11.8 Å². The number of carbonyl (C=O) groups is 2.